The molecule has 7 nitrogen and oxygen atoms in total. The summed E-state index contributed by atoms with van der Waals surface area (Å²) in [5.41, 5.74) is 0.516. The van der Waals surface area contributed by atoms with Crippen molar-refractivity contribution in [2.24, 2.45) is 5.92 Å². The maximum Gasteiger partial charge on any atom is 0.243 e. The molecule has 0 aliphatic rings. The van der Waals surface area contributed by atoms with Crippen LogP contribution in [0, 0.1) is 12.8 Å². The van der Waals surface area contributed by atoms with Crippen LogP contribution in [0.15, 0.2) is 46.7 Å². The molecule has 0 aliphatic carbocycles. The number of hydrogen-bond donors (Lipinski definition) is 2. The van der Waals surface area contributed by atoms with Crippen LogP contribution in [0.3, 0.4) is 0 Å². The van der Waals surface area contributed by atoms with Gasteiger partial charge in [0.05, 0.1) is 18.0 Å². The summed E-state index contributed by atoms with van der Waals surface area (Å²) < 4.78 is 27.8. The molecule has 1 atom stereocenters. The van der Waals surface area contributed by atoms with Gasteiger partial charge in [-0.2, -0.15) is 0 Å². The van der Waals surface area contributed by atoms with Crippen molar-refractivity contribution in [3.05, 3.63) is 52.2 Å². The molecule has 182 valence electrons. The van der Waals surface area contributed by atoms with Gasteiger partial charge in [0.25, 0.3) is 0 Å². The Bertz CT molecular complexity index is 1030. The number of amides is 2. The number of hydrogen-bond acceptors (Lipinski definition) is 5. The molecule has 9 heteroatoms. The van der Waals surface area contributed by atoms with E-state index in [4.69, 9.17) is 0 Å². The van der Waals surface area contributed by atoms with Crippen molar-refractivity contribution in [3.63, 3.8) is 0 Å². The normalized spacial score (nSPS) is 13.1. The van der Waals surface area contributed by atoms with Gasteiger partial charge in [-0.1, -0.05) is 44.5 Å². The number of nitrogens with zero attached hydrogens (tertiary/aromatic N) is 1. The summed E-state index contributed by atoms with van der Waals surface area (Å²) in [6.45, 7) is 11.3. The molecule has 0 bridgehead atoms. The van der Waals surface area contributed by atoms with Gasteiger partial charge >= 0.3 is 0 Å². The van der Waals surface area contributed by atoms with Crippen molar-refractivity contribution in [1.29, 1.82) is 0 Å². The van der Waals surface area contributed by atoms with Crippen LogP contribution in [0.4, 0.5) is 0 Å². The highest BCUT2D eigenvalue weighted by Gasteiger charge is 2.35. The summed E-state index contributed by atoms with van der Waals surface area (Å²) in [4.78, 5) is 29.0. The Morgan fingerprint density at radius 1 is 1.12 bits per heavy atom. The van der Waals surface area contributed by atoms with Crippen LogP contribution in [0.25, 0.3) is 0 Å². The second-order valence-electron chi connectivity index (χ2n) is 9.15. The van der Waals surface area contributed by atoms with Gasteiger partial charge in [-0.25, -0.2) is 13.1 Å². The molecule has 1 heterocycles. The highest BCUT2D eigenvalue weighted by Crippen LogP contribution is 2.20. The van der Waals surface area contributed by atoms with Gasteiger partial charge in [0.1, 0.15) is 6.04 Å². The Kier molecular flexibility index (Phi) is 9.22. The summed E-state index contributed by atoms with van der Waals surface area (Å²) in [6.07, 6.45) is 0.735. The average molecular weight is 494 g/mol. The van der Waals surface area contributed by atoms with E-state index in [0.717, 1.165) is 16.9 Å². The monoisotopic (exact) mass is 493 g/mol. The molecular weight excluding hydrogens is 458 g/mol. The molecule has 2 aromatic rings. The molecule has 2 N–H and O–H groups in total. The number of aryl methyl sites for hydroxylation is 1. The first-order valence-corrected chi connectivity index (χ1v) is 13.4. The predicted molar refractivity (Wildman–Crippen MR) is 132 cm³/mol. The van der Waals surface area contributed by atoms with Crippen LogP contribution >= 0.6 is 11.3 Å². The third-order valence-corrected chi connectivity index (χ3v) is 7.83. The molecule has 2 amide bonds. The minimum Gasteiger partial charge on any atom is -0.349 e. The van der Waals surface area contributed by atoms with Crippen molar-refractivity contribution in [2.45, 2.75) is 71.0 Å². The van der Waals surface area contributed by atoms with Crippen LogP contribution in [-0.2, 0) is 26.2 Å². The van der Waals surface area contributed by atoms with Crippen molar-refractivity contribution in [1.82, 2.24) is 14.9 Å². The van der Waals surface area contributed by atoms with E-state index in [1.54, 1.807) is 12.1 Å². The third-order valence-electron chi connectivity index (χ3n) is 5.55. The molecular formula is C24H35N3O4S2. The third kappa shape index (κ3) is 7.65. The van der Waals surface area contributed by atoms with Gasteiger partial charge < -0.3 is 10.2 Å². The average Bonchev–Trinajstić information content (AvgIpc) is 3.24. The van der Waals surface area contributed by atoms with Crippen LogP contribution in [-0.4, -0.2) is 43.3 Å². The summed E-state index contributed by atoms with van der Waals surface area (Å²) in [7, 11) is -3.86. The topological polar surface area (TPSA) is 95.6 Å². The van der Waals surface area contributed by atoms with Gasteiger partial charge in [0, 0.05) is 10.4 Å². The molecule has 2 rings (SSSR count). The summed E-state index contributed by atoms with van der Waals surface area (Å²) in [5, 5.41) is 4.94. The highest BCUT2D eigenvalue weighted by atomic mass is 32.2. The Labute approximate surface area is 201 Å². The second kappa shape index (κ2) is 11.3. The van der Waals surface area contributed by atoms with E-state index < -0.39 is 34.1 Å². The van der Waals surface area contributed by atoms with E-state index in [9.17, 15) is 18.0 Å². The first-order chi connectivity index (χ1) is 15.4. The fourth-order valence-electron chi connectivity index (χ4n) is 3.27. The lowest BCUT2D eigenvalue weighted by atomic mass is 9.97. The minimum absolute atomic E-state index is 0.0913. The van der Waals surface area contributed by atoms with Gasteiger partial charge in [-0.15, -0.1) is 11.3 Å². The lowest BCUT2D eigenvalue weighted by molar-refractivity contribution is -0.142. The van der Waals surface area contributed by atoms with Crippen molar-refractivity contribution in [3.8, 4) is 0 Å². The van der Waals surface area contributed by atoms with Gasteiger partial charge in [0.15, 0.2) is 0 Å². The van der Waals surface area contributed by atoms with Gasteiger partial charge in [-0.05, 0) is 56.7 Å². The van der Waals surface area contributed by atoms with Gasteiger partial charge in [-0.3, -0.25) is 9.59 Å². The van der Waals surface area contributed by atoms with Crippen LogP contribution in [0.5, 0.6) is 0 Å². The van der Waals surface area contributed by atoms with Crippen LogP contribution in [0.1, 0.15) is 51.5 Å². The molecule has 0 spiro atoms. The number of thiophene rings is 1. The molecule has 1 aromatic carbocycles. The van der Waals surface area contributed by atoms with Crippen LogP contribution in [0.2, 0.25) is 0 Å². The molecule has 1 aromatic heterocycles. The van der Waals surface area contributed by atoms with Crippen molar-refractivity contribution in [2.75, 3.05) is 6.54 Å². The zero-order chi connectivity index (χ0) is 24.8. The number of benzene rings is 1. The zero-order valence-electron chi connectivity index (χ0n) is 20.2. The lowest BCUT2D eigenvalue weighted by Gasteiger charge is -2.36. The Balaban J connectivity index is 2.28. The number of sulfonamides is 1. The van der Waals surface area contributed by atoms with Crippen LogP contribution < -0.4 is 10.0 Å². The molecule has 0 unspecified atom stereocenters. The Morgan fingerprint density at radius 3 is 2.27 bits per heavy atom. The molecule has 0 fully saturated rings. The zero-order valence-corrected chi connectivity index (χ0v) is 21.8. The maximum absolute atomic E-state index is 13.3. The molecule has 0 aliphatic heterocycles. The fraction of sp³-hybridized carbons (Fsp3) is 0.500. The number of rotatable bonds is 11. The molecule has 0 radical (unpaired) electrons. The minimum atomic E-state index is -3.86. The standard InChI is InChI=1S/C24H35N3O4S2/c1-7-24(5,6)26-23(29)22(17(2)3)27(16-19-9-8-14-32-19)21(28)15-25-33(30,31)20-12-10-18(4)11-13-20/h8-14,17,22,25H,7,15-16H2,1-6H3,(H,26,29)/t22-/m0/s1. The fourth-order valence-corrected chi connectivity index (χ4v) is 4.95. The van der Waals surface area contributed by atoms with E-state index in [0.29, 0.717) is 0 Å². The van der Waals surface area contributed by atoms with E-state index in [2.05, 4.69) is 10.0 Å². The smallest absolute Gasteiger partial charge is 0.243 e. The Morgan fingerprint density at radius 2 is 1.76 bits per heavy atom. The second-order valence-corrected chi connectivity index (χ2v) is 12.0. The maximum atomic E-state index is 13.3. The number of nitrogens with one attached hydrogen (secondary N) is 2. The summed E-state index contributed by atoms with van der Waals surface area (Å²) >= 11 is 1.48. The highest BCUT2D eigenvalue weighted by molar-refractivity contribution is 7.89. The van der Waals surface area contributed by atoms with Gasteiger partial charge in [0.2, 0.25) is 21.8 Å². The number of carbonyl (C=O) groups is 2. The van der Waals surface area contributed by atoms with E-state index in [-0.39, 0.29) is 23.3 Å². The van der Waals surface area contributed by atoms with Crippen molar-refractivity contribution < 1.29 is 18.0 Å². The SMILES string of the molecule is CCC(C)(C)NC(=O)[C@H](C(C)C)N(Cc1cccs1)C(=O)CNS(=O)(=O)c1ccc(C)cc1. The Hall–Kier alpha value is -2.23. The van der Waals surface area contributed by atoms with E-state index >= 15 is 0 Å². The molecule has 33 heavy (non-hydrogen) atoms. The summed E-state index contributed by atoms with van der Waals surface area (Å²) in [5.74, 6) is -0.874. The van der Waals surface area contributed by atoms with Crippen molar-refractivity contribution >= 4 is 33.2 Å². The lowest BCUT2D eigenvalue weighted by Crippen LogP contribution is -2.57. The predicted octanol–water partition coefficient (Wildman–Crippen LogP) is 3.69. The molecule has 0 saturated carbocycles. The largest absolute Gasteiger partial charge is 0.349 e. The first-order valence-electron chi connectivity index (χ1n) is 11.1. The van der Waals surface area contributed by atoms with E-state index in [1.807, 2.05) is 59.1 Å². The molecule has 0 saturated heterocycles. The summed E-state index contributed by atoms with van der Waals surface area (Å²) in [6, 6.07) is 9.45. The first kappa shape index (κ1) is 27.0. The number of carbonyl (C=O) groups excluding carboxylic acids is 2. The van der Waals surface area contributed by atoms with E-state index in [1.165, 1.54) is 28.4 Å². The quantitative estimate of drug-likeness (QED) is 0.499.